The number of nitrogens with two attached hydrogens (primary N) is 2. The smallest absolute Gasteiger partial charge is 0.322 e. The minimum absolute atomic E-state index is 0.0603. The van der Waals surface area contributed by atoms with Crippen molar-refractivity contribution in [1.29, 1.82) is 0 Å². The number of rotatable bonds is 8. The standard InChI is InChI=1S/C8H14N2O6S2/c1-8(7(15)16,4(10)6(13)14)18-17-2-3(9)5(11)12/h3-4H,2,9-10H2,1H3,(H,11,12)(H,13,14)(H,15,16)/t3-,4+,8?/m0/s1. The molecule has 0 rings (SSSR count). The van der Waals surface area contributed by atoms with Crippen molar-refractivity contribution in [2.45, 2.75) is 23.8 Å². The van der Waals surface area contributed by atoms with E-state index in [0.717, 1.165) is 17.7 Å². The van der Waals surface area contributed by atoms with Gasteiger partial charge in [0.15, 0.2) is 0 Å². The lowest BCUT2D eigenvalue weighted by atomic mass is 10.0. The molecule has 0 heterocycles. The molecule has 3 atom stereocenters. The number of hydrogen-bond donors (Lipinski definition) is 5. The van der Waals surface area contributed by atoms with Gasteiger partial charge < -0.3 is 26.8 Å². The topological polar surface area (TPSA) is 164 Å². The Kier molecular flexibility index (Phi) is 6.46. The van der Waals surface area contributed by atoms with Crippen LogP contribution in [0.3, 0.4) is 0 Å². The van der Waals surface area contributed by atoms with Gasteiger partial charge in [0.25, 0.3) is 0 Å². The molecule has 7 N–H and O–H groups in total. The van der Waals surface area contributed by atoms with Gasteiger partial charge in [-0.2, -0.15) is 0 Å². The Balaban J connectivity index is 4.60. The van der Waals surface area contributed by atoms with Crippen LogP contribution in [0.4, 0.5) is 0 Å². The first-order valence-electron chi connectivity index (χ1n) is 4.63. The largest absolute Gasteiger partial charge is 0.480 e. The second kappa shape index (κ2) is 6.83. The van der Waals surface area contributed by atoms with Gasteiger partial charge in [0.2, 0.25) is 0 Å². The van der Waals surface area contributed by atoms with Gasteiger partial charge in [-0.3, -0.25) is 14.4 Å². The Bertz CT molecular complexity index is 352. The third-order valence-electron chi connectivity index (χ3n) is 2.08. The lowest BCUT2D eigenvalue weighted by Gasteiger charge is -2.27. The van der Waals surface area contributed by atoms with E-state index in [1.54, 1.807) is 0 Å². The first kappa shape index (κ1) is 17.0. The first-order chi connectivity index (χ1) is 8.12. The van der Waals surface area contributed by atoms with Crippen LogP contribution in [0, 0.1) is 0 Å². The molecule has 0 aromatic rings. The molecule has 0 amide bonds. The highest BCUT2D eigenvalue weighted by Gasteiger charge is 2.45. The van der Waals surface area contributed by atoms with Crippen molar-refractivity contribution in [3.63, 3.8) is 0 Å². The van der Waals surface area contributed by atoms with Gasteiger partial charge in [0.05, 0.1) is 0 Å². The Morgan fingerprint density at radius 3 is 2.00 bits per heavy atom. The lowest BCUT2D eigenvalue weighted by molar-refractivity contribution is -0.147. The fourth-order valence-electron chi connectivity index (χ4n) is 0.757. The van der Waals surface area contributed by atoms with Crippen molar-refractivity contribution in [2.24, 2.45) is 11.5 Å². The molecule has 8 nitrogen and oxygen atoms in total. The molecule has 0 radical (unpaired) electrons. The van der Waals surface area contributed by atoms with Crippen LogP contribution in [-0.4, -0.2) is 55.8 Å². The van der Waals surface area contributed by atoms with Crippen LogP contribution in [0.15, 0.2) is 0 Å². The zero-order chi connectivity index (χ0) is 14.5. The summed E-state index contributed by atoms with van der Waals surface area (Å²) < 4.78 is -1.77. The molecule has 0 saturated heterocycles. The van der Waals surface area contributed by atoms with Gasteiger partial charge in [-0.25, -0.2) is 0 Å². The Labute approximate surface area is 110 Å². The quantitative estimate of drug-likeness (QED) is 0.352. The van der Waals surface area contributed by atoms with Gasteiger partial charge in [-0.05, 0) is 6.92 Å². The SMILES string of the molecule is CC(SSC[C@H](N)C(=O)O)(C(=O)O)[C@H](N)C(=O)O. The summed E-state index contributed by atoms with van der Waals surface area (Å²) in [7, 11) is 1.54. The van der Waals surface area contributed by atoms with Crippen LogP contribution in [0.1, 0.15) is 6.92 Å². The van der Waals surface area contributed by atoms with Crippen LogP contribution in [0.5, 0.6) is 0 Å². The van der Waals surface area contributed by atoms with Crippen molar-refractivity contribution >= 4 is 39.5 Å². The summed E-state index contributed by atoms with van der Waals surface area (Å²) in [6.45, 7) is 1.16. The zero-order valence-corrected chi connectivity index (χ0v) is 11.0. The maximum absolute atomic E-state index is 11.1. The number of carboxylic acids is 3. The monoisotopic (exact) mass is 298 g/mol. The highest BCUT2D eigenvalue weighted by molar-refractivity contribution is 8.77. The molecule has 18 heavy (non-hydrogen) atoms. The highest BCUT2D eigenvalue weighted by Crippen LogP contribution is 2.38. The number of carbonyl (C=O) groups is 3. The van der Waals surface area contributed by atoms with E-state index in [2.05, 4.69) is 0 Å². The summed E-state index contributed by atoms with van der Waals surface area (Å²) in [5.41, 5.74) is 10.5. The van der Waals surface area contributed by atoms with Crippen molar-refractivity contribution < 1.29 is 29.7 Å². The maximum Gasteiger partial charge on any atom is 0.322 e. The van der Waals surface area contributed by atoms with Crippen LogP contribution >= 0.6 is 21.6 Å². The molecule has 0 fully saturated rings. The molecule has 0 spiro atoms. The van der Waals surface area contributed by atoms with Crippen LogP contribution in [0.2, 0.25) is 0 Å². The van der Waals surface area contributed by atoms with Gasteiger partial charge in [0.1, 0.15) is 16.8 Å². The van der Waals surface area contributed by atoms with E-state index in [4.69, 9.17) is 26.8 Å². The van der Waals surface area contributed by atoms with E-state index in [9.17, 15) is 14.4 Å². The molecule has 10 heteroatoms. The number of aliphatic carboxylic acids is 3. The predicted octanol–water partition coefficient (Wildman–Crippen LogP) is -0.965. The summed E-state index contributed by atoms with van der Waals surface area (Å²) in [5, 5.41) is 26.3. The number of hydrogen-bond acceptors (Lipinski definition) is 7. The molecule has 0 bridgehead atoms. The van der Waals surface area contributed by atoms with E-state index in [1.165, 1.54) is 0 Å². The highest BCUT2D eigenvalue weighted by atomic mass is 33.1. The zero-order valence-electron chi connectivity index (χ0n) is 9.40. The molecule has 0 aliphatic heterocycles. The van der Waals surface area contributed by atoms with Crippen LogP contribution in [-0.2, 0) is 14.4 Å². The van der Waals surface area contributed by atoms with E-state index in [0.29, 0.717) is 10.8 Å². The first-order valence-corrected chi connectivity index (χ1v) is 6.95. The third-order valence-corrected chi connectivity index (χ3v) is 5.27. The second-order valence-corrected chi connectivity index (χ2v) is 6.33. The van der Waals surface area contributed by atoms with Crippen molar-refractivity contribution in [2.75, 3.05) is 5.75 Å². The molecule has 1 unspecified atom stereocenters. The van der Waals surface area contributed by atoms with Crippen LogP contribution in [0.25, 0.3) is 0 Å². The normalized spacial score (nSPS) is 17.5. The molecule has 0 aromatic carbocycles. The van der Waals surface area contributed by atoms with Crippen molar-refractivity contribution in [1.82, 2.24) is 0 Å². The Morgan fingerprint density at radius 2 is 1.67 bits per heavy atom. The van der Waals surface area contributed by atoms with Crippen LogP contribution < -0.4 is 11.5 Å². The van der Waals surface area contributed by atoms with Gasteiger partial charge in [-0.15, -0.1) is 0 Å². The van der Waals surface area contributed by atoms with Crippen molar-refractivity contribution in [3.8, 4) is 0 Å². The minimum Gasteiger partial charge on any atom is -0.480 e. The predicted molar refractivity (Wildman–Crippen MR) is 67.3 cm³/mol. The molecular weight excluding hydrogens is 284 g/mol. The van der Waals surface area contributed by atoms with Crippen molar-refractivity contribution in [3.05, 3.63) is 0 Å². The summed E-state index contributed by atoms with van der Waals surface area (Å²) in [6, 6.07) is -2.77. The van der Waals surface area contributed by atoms with Gasteiger partial charge in [-0.1, -0.05) is 21.6 Å². The Morgan fingerprint density at radius 1 is 1.17 bits per heavy atom. The molecule has 104 valence electrons. The van der Waals surface area contributed by atoms with Gasteiger partial charge >= 0.3 is 17.9 Å². The fraction of sp³-hybridized carbons (Fsp3) is 0.625. The third kappa shape index (κ3) is 4.37. The van der Waals surface area contributed by atoms with E-state index >= 15 is 0 Å². The fourth-order valence-corrected chi connectivity index (χ4v) is 3.54. The van der Waals surface area contributed by atoms with E-state index < -0.39 is 34.7 Å². The summed E-state index contributed by atoms with van der Waals surface area (Å²) >= 11 is 0. The van der Waals surface area contributed by atoms with Gasteiger partial charge in [0, 0.05) is 5.75 Å². The average molecular weight is 298 g/mol. The minimum atomic E-state index is -1.77. The lowest BCUT2D eigenvalue weighted by Crippen LogP contribution is -2.53. The molecule has 0 saturated carbocycles. The Hall–Kier alpha value is -0.970. The molecule has 0 aliphatic carbocycles. The summed E-state index contributed by atoms with van der Waals surface area (Å²) in [5.74, 6) is -4.12. The maximum atomic E-state index is 11.1. The summed E-state index contributed by atoms with van der Waals surface area (Å²) in [4.78, 5) is 32.2. The summed E-state index contributed by atoms with van der Waals surface area (Å²) in [6.07, 6.45) is 0. The molecule has 0 aliphatic rings. The van der Waals surface area contributed by atoms with E-state index in [1.807, 2.05) is 0 Å². The molecular formula is C8H14N2O6S2. The second-order valence-electron chi connectivity index (χ2n) is 3.54. The van der Waals surface area contributed by atoms with E-state index in [-0.39, 0.29) is 5.75 Å². The average Bonchev–Trinajstić information content (AvgIpc) is 2.26. The number of carboxylic acid groups (broad SMARTS) is 3. The molecule has 0 aromatic heterocycles.